The molecule has 0 amide bonds. The predicted molar refractivity (Wildman–Crippen MR) is 125 cm³/mol. The van der Waals surface area contributed by atoms with Crippen molar-refractivity contribution in [2.75, 3.05) is 0 Å². The number of benzene rings is 2. The summed E-state index contributed by atoms with van der Waals surface area (Å²) in [5, 5.41) is 0. The van der Waals surface area contributed by atoms with Crippen LogP contribution in [0.4, 0.5) is 0 Å². The summed E-state index contributed by atoms with van der Waals surface area (Å²) in [6, 6.07) is 18.5. The molecule has 2 aromatic carbocycles. The van der Waals surface area contributed by atoms with Gasteiger partial charge in [-0.3, -0.25) is 0 Å². The monoisotopic (exact) mass is 460 g/mol. The van der Waals surface area contributed by atoms with E-state index in [1.165, 1.54) is 49.7 Å². The topological polar surface area (TPSA) is 0 Å². The molecule has 2 aliphatic carbocycles. The normalized spacial score (nSPS) is 19.4. The maximum absolute atomic E-state index is 2.71. The third-order valence-corrected chi connectivity index (χ3v) is 14.9. The first kappa shape index (κ1) is 20.9. The molecule has 0 aliphatic heterocycles. The van der Waals surface area contributed by atoms with Crippen molar-refractivity contribution in [3.05, 3.63) is 81.9 Å². The minimum absolute atomic E-state index is 0.714. The van der Waals surface area contributed by atoms with Gasteiger partial charge in [0.25, 0.3) is 0 Å². The molecule has 0 radical (unpaired) electrons. The van der Waals surface area contributed by atoms with E-state index in [4.69, 9.17) is 0 Å². The van der Waals surface area contributed by atoms with E-state index < -0.39 is 21.3 Å². The van der Waals surface area contributed by atoms with Crippen LogP contribution in [-0.2, 0) is 21.3 Å². The molecule has 29 heavy (non-hydrogen) atoms. The zero-order valence-corrected chi connectivity index (χ0v) is 20.7. The molecular formula is C28H34Zr. The van der Waals surface area contributed by atoms with Crippen LogP contribution in [0.5, 0.6) is 0 Å². The number of hydrogen-bond donors (Lipinski definition) is 0. The van der Waals surface area contributed by atoms with E-state index in [0.717, 1.165) is 0 Å². The summed E-state index contributed by atoms with van der Waals surface area (Å²) in [7, 11) is 0. The van der Waals surface area contributed by atoms with Crippen LogP contribution in [0.1, 0.15) is 88.8 Å². The molecule has 0 aromatic heterocycles. The Morgan fingerprint density at radius 3 is 1.59 bits per heavy atom. The second-order valence-electron chi connectivity index (χ2n) is 8.56. The summed E-state index contributed by atoms with van der Waals surface area (Å²) in [6.45, 7) is 7.02. The summed E-state index contributed by atoms with van der Waals surface area (Å²) in [5.41, 5.74) is 9.72. The third kappa shape index (κ3) is 4.13. The van der Waals surface area contributed by atoms with Gasteiger partial charge in [0.05, 0.1) is 0 Å². The van der Waals surface area contributed by atoms with Crippen molar-refractivity contribution >= 4 is 15.9 Å². The number of hydrogen-bond acceptors (Lipinski definition) is 0. The number of rotatable bonds is 8. The second-order valence-corrected chi connectivity index (χ2v) is 15.3. The van der Waals surface area contributed by atoms with Crippen LogP contribution in [0.3, 0.4) is 0 Å². The van der Waals surface area contributed by atoms with E-state index in [1.54, 1.807) is 22.3 Å². The summed E-state index contributed by atoms with van der Waals surface area (Å²) in [4.78, 5) is 0. The fraction of sp³-hybridized carbons (Fsp3) is 0.393. The van der Waals surface area contributed by atoms with Crippen LogP contribution < -0.4 is 0 Å². The Hall–Kier alpha value is -1.33. The standard InChI is InChI=1S/2C13H15.C2H4.Zr/c2*1-2-3-6-11-9-12-7-4-5-8-13(12)10-11;1-2;/h2*4-5,7-10H,2-3,6H2,1H3;1H,2H3;. The number of fused-ring (bicyclic) bond motifs is 2. The van der Waals surface area contributed by atoms with E-state index >= 15 is 0 Å². The number of unbranched alkanes of at least 4 members (excludes halogenated alkanes) is 2. The Morgan fingerprint density at radius 2 is 1.17 bits per heavy atom. The van der Waals surface area contributed by atoms with Gasteiger partial charge in [-0.1, -0.05) is 0 Å². The van der Waals surface area contributed by atoms with E-state index in [-0.39, 0.29) is 0 Å². The van der Waals surface area contributed by atoms with Gasteiger partial charge in [-0.05, 0) is 0 Å². The molecule has 1 heteroatoms. The van der Waals surface area contributed by atoms with Crippen LogP contribution >= 0.6 is 0 Å². The maximum atomic E-state index is 2.71. The fourth-order valence-electron chi connectivity index (χ4n) is 5.26. The van der Waals surface area contributed by atoms with Crippen molar-refractivity contribution < 1.29 is 21.3 Å². The Bertz CT molecular complexity index is 884. The molecular weight excluding hydrogens is 428 g/mol. The Labute approximate surface area is 184 Å². The Kier molecular flexibility index (Phi) is 6.97. The van der Waals surface area contributed by atoms with Gasteiger partial charge in [0, 0.05) is 0 Å². The number of allylic oxidation sites excluding steroid dienone is 2. The fourth-order valence-corrected chi connectivity index (χ4v) is 14.0. The Morgan fingerprint density at radius 1 is 0.724 bits per heavy atom. The molecule has 0 bridgehead atoms. The van der Waals surface area contributed by atoms with Crippen molar-refractivity contribution in [1.82, 2.24) is 0 Å². The van der Waals surface area contributed by atoms with Gasteiger partial charge in [-0.2, -0.15) is 0 Å². The molecule has 2 aliphatic rings. The van der Waals surface area contributed by atoms with Crippen LogP contribution in [0, 0.1) is 0 Å². The van der Waals surface area contributed by atoms with E-state index in [1.807, 2.05) is 0 Å². The predicted octanol–water partition coefficient (Wildman–Crippen LogP) is 8.08. The van der Waals surface area contributed by atoms with E-state index in [2.05, 4.69) is 85.2 Å². The van der Waals surface area contributed by atoms with Crippen molar-refractivity contribution in [2.45, 2.75) is 66.5 Å². The van der Waals surface area contributed by atoms with Crippen LogP contribution in [0.2, 0.25) is 0 Å². The van der Waals surface area contributed by atoms with Gasteiger partial charge in [0.2, 0.25) is 0 Å². The molecule has 0 fully saturated rings. The first-order valence-corrected chi connectivity index (χ1v) is 15.8. The van der Waals surface area contributed by atoms with Crippen LogP contribution in [0.25, 0.3) is 12.2 Å². The summed E-state index contributed by atoms with van der Waals surface area (Å²) in [5.74, 6) is 0. The van der Waals surface area contributed by atoms with Crippen molar-refractivity contribution in [3.63, 3.8) is 0 Å². The molecule has 0 heterocycles. The zero-order chi connectivity index (χ0) is 20.2. The quantitative estimate of drug-likeness (QED) is 0.372. The molecule has 2 unspecified atom stereocenters. The summed E-state index contributed by atoms with van der Waals surface area (Å²) < 4.78 is 4.14. The van der Waals surface area contributed by atoms with Crippen molar-refractivity contribution in [3.8, 4) is 0 Å². The van der Waals surface area contributed by atoms with E-state index in [9.17, 15) is 0 Å². The van der Waals surface area contributed by atoms with Crippen LogP contribution in [0.15, 0.2) is 59.7 Å². The molecule has 0 N–H and O–H groups in total. The van der Waals surface area contributed by atoms with Crippen molar-refractivity contribution in [2.24, 2.45) is 0 Å². The molecule has 0 saturated carbocycles. The third-order valence-electron chi connectivity index (χ3n) is 6.68. The molecule has 0 nitrogen and oxygen atoms in total. The summed E-state index contributed by atoms with van der Waals surface area (Å²) >= 11 is -1.99. The minimum atomic E-state index is -1.99. The SMILES string of the molecule is C[CH]=[Zr]([CH]1C(CCCC)=Cc2ccccc21)[CH]1C(CCCC)=Cc2ccccc21. The van der Waals surface area contributed by atoms with E-state index in [0.29, 0.717) is 7.25 Å². The zero-order valence-electron chi connectivity index (χ0n) is 18.2. The van der Waals surface area contributed by atoms with Crippen molar-refractivity contribution in [1.29, 1.82) is 0 Å². The first-order chi connectivity index (χ1) is 14.3. The average Bonchev–Trinajstić information content (AvgIpc) is 3.30. The van der Waals surface area contributed by atoms with Gasteiger partial charge in [0.1, 0.15) is 0 Å². The molecule has 2 atom stereocenters. The second kappa shape index (κ2) is 9.65. The molecule has 2 aromatic rings. The van der Waals surface area contributed by atoms with Gasteiger partial charge in [-0.25, -0.2) is 0 Å². The average molecular weight is 462 g/mol. The van der Waals surface area contributed by atoms with Crippen LogP contribution in [-0.4, -0.2) is 3.71 Å². The first-order valence-electron chi connectivity index (χ1n) is 11.5. The Balaban J connectivity index is 1.77. The molecule has 0 spiro atoms. The van der Waals surface area contributed by atoms with Gasteiger partial charge in [-0.15, -0.1) is 0 Å². The van der Waals surface area contributed by atoms with Gasteiger partial charge in [0.15, 0.2) is 0 Å². The molecule has 4 rings (SSSR count). The van der Waals surface area contributed by atoms with Gasteiger partial charge >= 0.3 is 186 Å². The summed E-state index contributed by atoms with van der Waals surface area (Å²) in [6.07, 6.45) is 12.8. The molecule has 150 valence electrons. The molecule has 0 saturated heterocycles. The van der Waals surface area contributed by atoms with Gasteiger partial charge < -0.3 is 0 Å².